The molecule has 0 fully saturated rings. The second-order valence-corrected chi connectivity index (χ2v) is 6.58. The molecule has 94 valence electrons. The number of methoxy groups -OCH3 is 1. The highest BCUT2D eigenvalue weighted by atomic mass is 127. The lowest BCUT2D eigenvalue weighted by Crippen LogP contribution is -2.11. The number of aryl methyl sites for hydroxylation is 1. The zero-order chi connectivity index (χ0) is 13.1. The van der Waals surface area contributed by atoms with Crippen molar-refractivity contribution in [3.05, 3.63) is 43.7 Å². The zero-order valence-electron chi connectivity index (χ0n) is 9.99. The van der Waals surface area contributed by atoms with Crippen LogP contribution < -0.4 is 10.1 Å². The van der Waals surface area contributed by atoms with Crippen molar-refractivity contribution in [1.82, 2.24) is 0 Å². The lowest BCUT2D eigenvalue weighted by molar-refractivity contribution is 0.102. The van der Waals surface area contributed by atoms with E-state index in [0.29, 0.717) is 5.56 Å². The van der Waals surface area contributed by atoms with E-state index in [1.54, 1.807) is 18.4 Å². The van der Waals surface area contributed by atoms with Crippen molar-refractivity contribution in [2.45, 2.75) is 6.92 Å². The Kier molecular flexibility index (Phi) is 4.23. The number of anilines is 1. The first kappa shape index (κ1) is 13.4. The van der Waals surface area contributed by atoms with E-state index in [9.17, 15) is 4.79 Å². The van der Waals surface area contributed by atoms with Crippen LogP contribution in [0, 0.1) is 9.81 Å². The van der Waals surface area contributed by atoms with E-state index in [-0.39, 0.29) is 5.91 Å². The van der Waals surface area contributed by atoms with Gasteiger partial charge in [-0.25, -0.2) is 0 Å². The SMILES string of the molecule is COc1ccc(C)c(NC(=O)c2csc(I)c2)c1. The smallest absolute Gasteiger partial charge is 0.256 e. The lowest BCUT2D eigenvalue weighted by atomic mass is 10.2. The number of amides is 1. The van der Waals surface area contributed by atoms with Gasteiger partial charge in [-0.2, -0.15) is 0 Å². The summed E-state index contributed by atoms with van der Waals surface area (Å²) in [5.41, 5.74) is 2.47. The van der Waals surface area contributed by atoms with Crippen LogP contribution in [0.15, 0.2) is 29.6 Å². The molecule has 1 amide bonds. The minimum absolute atomic E-state index is 0.0921. The third kappa shape index (κ3) is 3.02. The molecule has 1 N–H and O–H groups in total. The van der Waals surface area contributed by atoms with Crippen LogP contribution in [0.4, 0.5) is 5.69 Å². The molecule has 2 rings (SSSR count). The van der Waals surface area contributed by atoms with Gasteiger partial charge < -0.3 is 10.1 Å². The maximum absolute atomic E-state index is 12.0. The first-order valence-corrected chi connectivity index (χ1v) is 7.26. The standard InChI is InChI=1S/C13H12INO2S/c1-8-3-4-10(17-2)6-11(8)15-13(16)9-5-12(14)18-7-9/h3-7H,1-2H3,(H,15,16). The minimum atomic E-state index is -0.0921. The van der Waals surface area contributed by atoms with Gasteiger partial charge >= 0.3 is 0 Å². The number of thiophene rings is 1. The Morgan fingerprint density at radius 3 is 2.78 bits per heavy atom. The molecule has 0 aliphatic rings. The molecular formula is C13H12INO2S. The van der Waals surface area contributed by atoms with Crippen molar-refractivity contribution in [1.29, 1.82) is 0 Å². The Morgan fingerprint density at radius 1 is 1.39 bits per heavy atom. The number of hydrogen-bond acceptors (Lipinski definition) is 3. The molecular weight excluding hydrogens is 361 g/mol. The van der Waals surface area contributed by atoms with Crippen molar-refractivity contribution in [3.63, 3.8) is 0 Å². The number of halogens is 1. The summed E-state index contributed by atoms with van der Waals surface area (Å²) in [4.78, 5) is 12.0. The molecule has 1 aromatic carbocycles. The van der Waals surface area contributed by atoms with Crippen LogP contribution in [0.5, 0.6) is 5.75 Å². The van der Waals surface area contributed by atoms with Gasteiger partial charge in [-0.15, -0.1) is 11.3 Å². The summed E-state index contributed by atoms with van der Waals surface area (Å²) < 4.78 is 6.25. The number of hydrogen-bond donors (Lipinski definition) is 1. The fourth-order valence-corrected chi connectivity index (χ4v) is 2.81. The van der Waals surface area contributed by atoms with Gasteiger partial charge in [-0.05, 0) is 47.2 Å². The van der Waals surface area contributed by atoms with Crippen molar-refractivity contribution in [3.8, 4) is 5.75 Å². The van der Waals surface area contributed by atoms with Gasteiger partial charge in [0.25, 0.3) is 5.91 Å². The molecule has 0 radical (unpaired) electrons. The number of ether oxygens (including phenoxy) is 1. The molecule has 0 aliphatic heterocycles. The van der Waals surface area contributed by atoms with E-state index in [1.807, 2.05) is 36.6 Å². The summed E-state index contributed by atoms with van der Waals surface area (Å²) in [6.45, 7) is 1.95. The van der Waals surface area contributed by atoms with Crippen LogP contribution in [-0.4, -0.2) is 13.0 Å². The molecule has 0 saturated heterocycles. The van der Waals surface area contributed by atoms with Crippen molar-refractivity contribution < 1.29 is 9.53 Å². The fraction of sp³-hybridized carbons (Fsp3) is 0.154. The molecule has 1 heterocycles. The normalized spacial score (nSPS) is 10.2. The maximum atomic E-state index is 12.0. The molecule has 0 saturated carbocycles. The van der Waals surface area contributed by atoms with E-state index < -0.39 is 0 Å². The number of carbonyl (C=O) groups excluding carboxylic acids is 1. The highest BCUT2D eigenvalue weighted by molar-refractivity contribution is 14.1. The third-order valence-electron chi connectivity index (χ3n) is 2.52. The van der Waals surface area contributed by atoms with Gasteiger partial charge in [0.15, 0.2) is 0 Å². The minimum Gasteiger partial charge on any atom is -0.497 e. The highest BCUT2D eigenvalue weighted by Gasteiger charge is 2.10. The summed E-state index contributed by atoms with van der Waals surface area (Å²) in [5.74, 6) is 0.640. The first-order chi connectivity index (χ1) is 8.60. The second kappa shape index (κ2) is 5.71. The van der Waals surface area contributed by atoms with E-state index in [4.69, 9.17) is 4.74 Å². The van der Waals surface area contributed by atoms with Gasteiger partial charge in [0, 0.05) is 17.1 Å². The molecule has 0 bridgehead atoms. The topological polar surface area (TPSA) is 38.3 Å². The molecule has 0 spiro atoms. The predicted octanol–water partition coefficient (Wildman–Crippen LogP) is 3.92. The third-order valence-corrected chi connectivity index (χ3v) is 4.31. The average molecular weight is 373 g/mol. The predicted molar refractivity (Wildman–Crippen MR) is 82.7 cm³/mol. The van der Waals surface area contributed by atoms with E-state index in [2.05, 4.69) is 27.9 Å². The van der Waals surface area contributed by atoms with E-state index in [1.165, 1.54) is 0 Å². The van der Waals surface area contributed by atoms with Crippen molar-refractivity contribution in [2.24, 2.45) is 0 Å². The largest absolute Gasteiger partial charge is 0.497 e. The Bertz CT molecular complexity index is 580. The van der Waals surface area contributed by atoms with E-state index in [0.717, 1.165) is 19.9 Å². The second-order valence-electron chi connectivity index (χ2n) is 3.77. The number of carbonyl (C=O) groups is 1. The Morgan fingerprint density at radius 2 is 2.17 bits per heavy atom. The molecule has 0 atom stereocenters. The summed E-state index contributed by atoms with van der Waals surface area (Å²) in [6.07, 6.45) is 0. The summed E-state index contributed by atoms with van der Waals surface area (Å²) in [5, 5.41) is 4.75. The molecule has 1 aromatic heterocycles. The average Bonchev–Trinajstić information content (AvgIpc) is 2.79. The van der Waals surface area contributed by atoms with Crippen LogP contribution in [0.3, 0.4) is 0 Å². The lowest BCUT2D eigenvalue weighted by Gasteiger charge is -2.09. The monoisotopic (exact) mass is 373 g/mol. The van der Waals surface area contributed by atoms with Gasteiger partial charge in [0.1, 0.15) is 5.75 Å². The first-order valence-electron chi connectivity index (χ1n) is 5.30. The molecule has 2 aromatic rings. The van der Waals surface area contributed by atoms with Crippen LogP contribution in [0.2, 0.25) is 0 Å². The molecule has 5 heteroatoms. The van der Waals surface area contributed by atoms with E-state index >= 15 is 0 Å². The molecule has 0 aliphatic carbocycles. The molecule has 0 unspecified atom stereocenters. The zero-order valence-corrected chi connectivity index (χ0v) is 13.0. The van der Waals surface area contributed by atoms with Crippen LogP contribution in [0.1, 0.15) is 15.9 Å². The van der Waals surface area contributed by atoms with Gasteiger partial charge in [-0.3, -0.25) is 4.79 Å². The molecule has 18 heavy (non-hydrogen) atoms. The Hall–Kier alpha value is -1.08. The fourth-order valence-electron chi connectivity index (χ4n) is 1.49. The number of nitrogens with one attached hydrogen (secondary N) is 1. The molecule has 3 nitrogen and oxygen atoms in total. The summed E-state index contributed by atoms with van der Waals surface area (Å²) in [7, 11) is 1.61. The number of rotatable bonds is 3. The van der Waals surface area contributed by atoms with Gasteiger partial charge in [-0.1, -0.05) is 6.07 Å². The van der Waals surface area contributed by atoms with Crippen LogP contribution in [0.25, 0.3) is 0 Å². The van der Waals surface area contributed by atoms with Crippen molar-refractivity contribution >= 4 is 45.5 Å². The van der Waals surface area contributed by atoms with Gasteiger partial charge in [0.05, 0.1) is 15.6 Å². The Balaban J connectivity index is 2.21. The Labute approximate surface area is 123 Å². The highest BCUT2D eigenvalue weighted by Crippen LogP contribution is 2.23. The quantitative estimate of drug-likeness (QED) is 0.829. The summed E-state index contributed by atoms with van der Waals surface area (Å²) in [6, 6.07) is 7.49. The maximum Gasteiger partial charge on any atom is 0.256 e. The van der Waals surface area contributed by atoms with Gasteiger partial charge in [0.2, 0.25) is 0 Å². The summed E-state index contributed by atoms with van der Waals surface area (Å²) >= 11 is 3.76. The van der Waals surface area contributed by atoms with Crippen molar-refractivity contribution in [2.75, 3.05) is 12.4 Å². The van der Waals surface area contributed by atoms with Crippen LogP contribution in [-0.2, 0) is 0 Å². The van der Waals surface area contributed by atoms with Crippen LogP contribution >= 0.6 is 33.9 Å². The number of benzene rings is 1.